The van der Waals surface area contributed by atoms with Gasteiger partial charge in [0, 0.05) is 55.6 Å². The van der Waals surface area contributed by atoms with E-state index < -0.39 is 34.4 Å². The summed E-state index contributed by atoms with van der Waals surface area (Å²) in [5.74, 6) is 1.28. The lowest BCUT2D eigenvalue weighted by Crippen LogP contribution is -2.50. The summed E-state index contributed by atoms with van der Waals surface area (Å²) >= 11 is 0. The van der Waals surface area contributed by atoms with Crippen molar-refractivity contribution >= 4 is 57.2 Å². The van der Waals surface area contributed by atoms with Crippen LogP contribution in [0.3, 0.4) is 0 Å². The van der Waals surface area contributed by atoms with Crippen molar-refractivity contribution in [3.63, 3.8) is 0 Å². The second kappa shape index (κ2) is 21.9. The van der Waals surface area contributed by atoms with Crippen LogP contribution in [0, 0.1) is 16.6 Å². The van der Waals surface area contributed by atoms with Crippen LogP contribution in [-0.2, 0) is 35.2 Å². The Kier molecular flexibility index (Phi) is 15.4. The number of nitrogen functional groups attached to an aromatic ring is 2. The van der Waals surface area contributed by atoms with E-state index in [1.165, 1.54) is 20.3 Å². The summed E-state index contributed by atoms with van der Waals surface area (Å²) in [6.07, 6.45) is -1.93. The first-order valence-electron chi connectivity index (χ1n) is 23.8. The topological polar surface area (TPSA) is 213 Å². The minimum absolute atomic E-state index is 0.107. The number of aromatic nitrogens is 4. The zero-order chi connectivity index (χ0) is 52.8. The number of nitrogens with one attached hydrogen (secondary N) is 1. The molecule has 4 heterocycles. The minimum Gasteiger partial charge on any atom is -0.493 e. The zero-order valence-electron chi connectivity index (χ0n) is 41.3. The minimum atomic E-state index is -4.79. The van der Waals surface area contributed by atoms with Crippen LogP contribution in [0.1, 0.15) is 47.9 Å². The van der Waals surface area contributed by atoms with E-state index in [-0.39, 0.29) is 23.8 Å². The van der Waals surface area contributed by atoms with Gasteiger partial charge in [0.25, 0.3) is 0 Å². The molecule has 5 aromatic carbocycles. The van der Waals surface area contributed by atoms with Crippen molar-refractivity contribution in [2.45, 2.75) is 51.2 Å². The number of nitrogens with zero attached hydrogens (tertiary/aromatic N) is 6. The lowest BCUT2D eigenvalue weighted by Gasteiger charge is -2.41. The standard InChI is InChI=1S/C31H31F4N5O3.C23H26N4O4/c1-42-25-15-21-24(16-26(25)43-2)38-29(39-27(21)36)40-12-10-30(11-13-40,17-19-6-4-3-5-7-19)28(41)37-18-20-8-9-22(23(32)14-20)31(33,34)35;1-30-18-12-16-17(13-19(18)31-2)25-22(26-20(16)24)27-10-8-23(9-11-27,21(28)29)14-15-6-4-3-5-7-15/h3-9,14-16H,10-13,17-18H2,1-2H3,(H,37,41)(H2,36,38,39);3-7,12-13H,8-11,14H2,1-2H3,(H,28,29)(H2,24,25,26). The van der Waals surface area contributed by atoms with Gasteiger partial charge in [-0.2, -0.15) is 23.1 Å². The third-order valence-electron chi connectivity index (χ3n) is 13.9. The Labute approximate surface area is 424 Å². The quantitative estimate of drug-likeness (QED) is 0.0751. The largest absolute Gasteiger partial charge is 0.493 e. The van der Waals surface area contributed by atoms with Crippen molar-refractivity contribution in [3.8, 4) is 23.0 Å². The molecule has 0 saturated carbocycles. The number of fused-ring (bicyclic) bond motifs is 2. The summed E-state index contributed by atoms with van der Waals surface area (Å²) in [5, 5.41) is 14.2. The number of piperidine rings is 2. The number of carbonyl (C=O) groups excluding carboxylic acids is 1. The summed E-state index contributed by atoms with van der Waals surface area (Å²) in [5.41, 5.74) is 13.0. The number of methoxy groups -OCH3 is 4. The third-order valence-corrected chi connectivity index (χ3v) is 13.9. The van der Waals surface area contributed by atoms with Crippen LogP contribution < -0.4 is 45.5 Å². The number of hydrogen-bond acceptors (Lipinski definition) is 14. The maximum atomic E-state index is 14.1. The van der Waals surface area contributed by atoms with E-state index in [9.17, 15) is 32.3 Å². The van der Waals surface area contributed by atoms with Crippen molar-refractivity contribution in [2.24, 2.45) is 10.8 Å². The number of carboxylic acids is 1. The van der Waals surface area contributed by atoms with Gasteiger partial charge < -0.3 is 50.6 Å². The number of aliphatic carboxylic acids is 1. The van der Waals surface area contributed by atoms with Gasteiger partial charge in [-0.15, -0.1) is 0 Å². The van der Waals surface area contributed by atoms with Gasteiger partial charge in [0.05, 0.1) is 55.9 Å². The van der Waals surface area contributed by atoms with E-state index in [2.05, 4.69) is 20.3 Å². The number of rotatable bonds is 14. The van der Waals surface area contributed by atoms with Gasteiger partial charge in [-0.3, -0.25) is 9.59 Å². The SMILES string of the molecule is COc1cc2nc(N3CCC(Cc4ccccc4)(C(=O)NCc4ccc(C(F)(F)F)c(F)c4)CC3)nc(N)c2cc1OC.COc1cc2nc(N3CCC(Cc4ccccc4)(C(=O)O)CC3)nc(N)c2cc1OC. The normalized spacial score (nSPS) is 15.2. The van der Waals surface area contributed by atoms with E-state index in [4.69, 9.17) is 35.4 Å². The number of hydrogen-bond donors (Lipinski definition) is 4. The first-order valence-corrected chi connectivity index (χ1v) is 23.8. The molecule has 6 N–H and O–H groups in total. The number of ether oxygens (including phenoxy) is 4. The van der Waals surface area contributed by atoms with E-state index in [0.717, 1.165) is 17.2 Å². The van der Waals surface area contributed by atoms with Gasteiger partial charge in [0.15, 0.2) is 23.0 Å². The van der Waals surface area contributed by atoms with Crippen molar-refractivity contribution < 1.29 is 51.2 Å². The van der Waals surface area contributed by atoms with E-state index >= 15 is 0 Å². The van der Waals surface area contributed by atoms with E-state index in [0.29, 0.717) is 133 Å². The number of amides is 1. The molecule has 0 radical (unpaired) electrons. The van der Waals surface area contributed by atoms with Gasteiger partial charge in [-0.25, -0.2) is 14.4 Å². The van der Waals surface area contributed by atoms with Crippen molar-refractivity contribution in [2.75, 3.05) is 75.9 Å². The molecule has 2 aliphatic heterocycles. The Bertz CT molecular complexity index is 3130. The van der Waals surface area contributed by atoms with Crippen molar-refractivity contribution in [3.05, 3.63) is 131 Å². The molecule has 1 amide bonds. The monoisotopic (exact) mass is 1020 g/mol. The molecule has 2 aliphatic rings. The molecule has 0 spiro atoms. The highest BCUT2D eigenvalue weighted by Crippen LogP contribution is 2.41. The zero-order valence-corrected chi connectivity index (χ0v) is 41.3. The number of anilines is 4. The lowest BCUT2D eigenvalue weighted by molar-refractivity contribution is -0.150. The van der Waals surface area contributed by atoms with Gasteiger partial charge >= 0.3 is 12.1 Å². The van der Waals surface area contributed by atoms with Crippen LogP contribution in [-0.4, -0.2) is 91.5 Å². The Balaban J connectivity index is 0.000000208. The molecule has 0 bridgehead atoms. The molecule has 9 rings (SSSR count). The number of halogens is 4. The lowest BCUT2D eigenvalue weighted by atomic mass is 9.73. The molecule has 2 aromatic heterocycles. The second-order valence-electron chi connectivity index (χ2n) is 18.4. The Morgan fingerprint density at radius 1 is 0.608 bits per heavy atom. The molecule has 20 heteroatoms. The number of benzene rings is 5. The van der Waals surface area contributed by atoms with E-state index in [1.54, 1.807) is 38.5 Å². The first-order chi connectivity index (χ1) is 35.5. The average Bonchev–Trinajstić information content (AvgIpc) is 3.40. The molecule has 0 atom stereocenters. The average molecular weight is 1020 g/mol. The maximum Gasteiger partial charge on any atom is 0.419 e. The Morgan fingerprint density at radius 2 is 1.03 bits per heavy atom. The summed E-state index contributed by atoms with van der Waals surface area (Å²) in [6.45, 7) is 1.87. The molecule has 0 unspecified atom stereocenters. The molecule has 7 aromatic rings. The summed E-state index contributed by atoms with van der Waals surface area (Å²) in [6, 6.07) is 29.0. The van der Waals surface area contributed by atoms with Gasteiger partial charge in [0.1, 0.15) is 17.5 Å². The van der Waals surface area contributed by atoms with Gasteiger partial charge in [-0.05, 0) is 79.5 Å². The fourth-order valence-corrected chi connectivity index (χ4v) is 9.68. The molecule has 2 saturated heterocycles. The molecule has 388 valence electrons. The Hall–Kier alpha value is -8.16. The Morgan fingerprint density at radius 3 is 1.43 bits per heavy atom. The summed E-state index contributed by atoms with van der Waals surface area (Å²) < 4.78 is 74.5. The highest BCUT2D eigenvalue weighted by molar-refractivity contribution is 5.93. The van der Waals surface area contributed by atoms with Crippen LogP contribution in [0.15, 0.2) is 103 Å². The number of carbonyl (C=O) groups is 2. The fraction of sp³-hybridized carbons (Fsp3) is 0.333. The predicted octanol–water partition coefficient (Wildman–Crippen LogP) is 8.68. The van der Waals surface area contributed by atoms with Crippen LogP contribution in [0.4, 0.5) is 41.1 Å². The number of alkyl halides is 3. The summed E-state index contributed by atoms with van der Waals surface area (Å²) in [7, 11) is 6.19. The third kappa shape index (κ3) is 11.2. The van der Waals surface area contributed by atoms with Crippen LogP contribution in [0.5, 0.6) is 23.0 Å². The highest BCUT2D eigenvalue weighted by Gasteiger charge is 2.44. The van der Waals surface area contributed by atoms with Gasteiger partial charge in [0.2, 0.25) is 17.8 Å². The number of carboxylic acid groups (broad SMARTS) is 1. The van der Waals surface area contributed by atoms with Crippen LogP contribution in [0.25, 0.3) is 21.8 Å². The van der Waals surface area contributed by atoms with Gasteiger partial charge in [-0.1, -0.05) is 66.7 Å². The molecular weight excluding hydrogens is 963 g/mol. The predicted molar refractivity (Wildman–Crippen MR) is 273 cm³/mol. The summed E-state index contributed by atoms with van der Waals surface area (Å²) in [4.78, 5) is 48.3. The first kappa shape index (κ1) is 52.2. The molecule has 2 fully saturated rings. The molecule has 16 nitrogen and oxygen atoms in total. The van der Waals surface area contributed by atoms with Crippen LogP contribution >= 0.6 is 0 Å². The highest BCUT2D eigenvalue weighted by atomic mass is 19.4. The van der Waals surface area contributed by atoms with Crippen LogP contribution in [0.2, 0.25) is 0 Å². The molecular formula is C54H57F4N9O7. The smallest absolute Gasteiger partial charge is 0.419 e. The maximum absolute atomic E-state index is 14.1. The van der Waals surface area contributed by atoms with Crippen molar-refractivity contribution in [1.82, 2.24) is 25.3 Å². The second-order valence-corrected chi connectivity index (χ2v) is 18.4. The molecule has 0 aliphatic carbocycles. The fourth-order valence-electron chi connectivity index (χ4n) is 9.68. The van der Waals surface area contributed by atoms with Crippen molar-refractivity contribution in [1.29, 1.82) is 0 Å². The number of nitrogens with two attached hydrogens (primary N) is 2. The van der Waals surface area contributed by atoms with E-state index in [1.807, 2.05) is 70.5 Å². The molecule has 74 heavy (non-hydrogen) atoms.